The fraction of sp³-hybridized carbons (Fsp3) is 0.804. The first kappa shape index (κ1) is 54.8. The second-order valence-corrected chi connectivity index (χ2v) is 16.5. The summed E-state index contributed by atoms with van der Waals surface area (Å²) in [6, 6.07) is -0.705. The molecule has 0 radical (unpaired) electrons. The molecular weight excluding hydrogens is 707 g/mol. The molecular formula is C51H93NO5. The molecule has 0 saturated heterocycles. The van der Waals surface area contributed by atoms with Crippen LogP contribution in [-0.4, -0.2) is 46.9 Å². The van der Waals surface area contributed by atoms with Crippen molar-refractivity contribution < 1.29 is 24.5 Å². The van der Waals surface area contributed by atoms with Crippen LogP contribution in [0.4, 0.5) is 0 Å². The number of unbranched alkanes of at least 4 members (excludes halogenated alkanes) is 23. The van der Waals surface area contributed by atoms with Crippen LogP contribution in [0.1, 0.15) is 239 Å². The lowest BCUT2D eigenvalue weighted by Gasteiger charge is -2.24. The average molecular weight is 800 g/mol. The summed E-state index contributed by atoms with van der Waals surface area (Å²) in [5, 5.41) is 23.7. The van der Waals surface area contributed by atoms with Gasteiger partial charge in [-0.15, -0.1) is 0 Å². The smallest absolute Gasteiger partial charge is 0.306 e. The molecule has 3 atom stereocenters. The Labute approximate surface area is 353 Å². The minimum absolute atomic E-state index is 0.0663. The Bertz CT molecular complexity index is 988. The standard InChI is InChI=1S/C51H93NO5/c1-4-7-10-13-16-19-22-24-25-26-27-29-32-35-38-41-44-51(56)57-47(42-39-36-33-30-21-18-15-12-9-6-3)45-50(55)52-48(46-53)49(54)43-40-37-34-31-28-23-20-17-14-11-8-5-2/h7,10,16,19,24-25,27,29,47-49,53-54H,4-6,8-9,11-15,17-18,20-23,26,28,30-46H2,1-3H3,(H,52,55)/b10-7+,19-16+,25-24+,29-27+. The summed E-state index contributed by atoms with van der Waals surface area (Å²) in [5.74, 6) is -0.507. The lowest BCUT2D eigenvalue weighted by atomic mass is 10.0. The number of nitrogens with one attached hydrogen (secondary N) is 1. The van der Waals surface area contributed by atoms with E-state index in [0.29, 0.717) is 19.3 Å². The molecule has 57 heavy (non-hydrogen) atoms. The fourth-order valence-electron chi connectivity index (χ4n) is 7.24. The largest absolute Gasteiger partial charge is 0.462 e. The lowest BCUT2D eigenvalue weighted by molar-refractivity contribution is -0.151. The van der Waals surface area contributed by atoms with E-state index in [2.05, 4.69) is 74.7 Å². The van der Waals surface area contributed by atoms with Crippen LogP contribution in [0.5, 0.6) is 0 Å². The van der Waals surface area contributed by atoms with Gasteiger partial charge in [-0.3, -0.25) is 9.59 Å². The zero-order chi connectivity index (χ0) is 41.7. The predicted molar refractivity (Wildman–Crippen MR) is 245 cm³/mol. The van der Waals surface area contributed by atoms with Crippen molar-refractivity contribution in [2.75, 3.05) is 6.61 Å². The minimum Gasteiger partial charge on any atom is -0.462 e. The molecule has 0 aromatic rings. The summed E-state index contributed by atoms with van der Waals surface area (Å²) in [4.78, 5) is 26.0. The Kier molecular flexibility index (Phi) is 43.2. The van der Waals surface area contributed by atoms with Crippen LogP contribution >= 0.6 is 0 Å². The van der Waals surface area contributed by atoms with Crippen LogP contribution in [-0.2, 0) is 14.3 Å². The van der Waals surface area contributed by atoms with Crippen molar-refractivity contribution in [2.24, 2.45) is 0 Å². The Hall–Kier alpha value is -2.18. The number of ether oxygens (including phenoxy) is 1. The molecule has 6 nitrogen and oxygen atoms in total. The van der Waals surface area contributed by atoms with Gasteiger partial charge in [0.25, 0.3) is 0 Å². The van der Waals surface area contributed by atoms with Gasteiger partial charge in [0.1, 0.15) is 6.10 Å². The van der Waals surface area contributed by atoms with E-state index >= 15 is 0 Å². The first-order chi connectivity index (χ1) is 28.0. The zero-order valence-electron chi connectivity index (χ0n) is 37.7. The van der Waals surface area contributed by atoms with Gasteiger partial charge >= 0.3 is 5.97 Å². The Morgan fingerprint density at radius 2 is 0.947 bits per heavy atom. The predicted octanol–water partition coefficient (Wildman–Crippen LogP) is 14.3. The maximum Gasteiger partial charge on any atom is 0.306 e. The van der Waals surface area contributed by atoms with Gasteiger partial charge in [0.2, 0.25) is 5.91 Å². The van der Waals surface area contributed by atoms with Gasteiger partial charge in [-0.05, 0) is 64.2 Å². The summed E-state index contributed by atoms with van der Waals surface area (Å²) >= 11 is 0. The highest BCUT2D eigenvalue weighted by atomic mass is 16.5. The number of esters is 1. The maximum absolute atomic E-state index is 13.1. The molecule has 0 aromatic heterocycles. The number of hydrogen-bond donors (Lipinski definition) is 3. The molecule has 332 valence electrons. The topological polar surface area (TPSA) is 95.9 Å². The van der Waals surface area contributed by atoms with Gasteiger partial charge in [-0.2, -0.15) is 0 Å². The summed E-state index contributed by atoms with van der Waals surface area (Å²) in [5.41, 5.74) is 0. The van der Waals surface area contributed by atoms with E-state index in [1.165, 1.54) is 103 Å². The highest BCUT2D eigenvalue weighted by molar-refractivity contribution is 5.77. The number of carbonyl (C=O) groups is 2. The van der Waals surface area contributed by atoms with Gasteiger partial charge in [0.05, 0.1) is 25.2 Å². The molecule has 0 bridgehead atoms. The van der Waals surface area contributed by atoms with Gasteiger partial charge in [0, 0.05) is 6.42 Å². The third-order valence-corrected chi connectivity index (χ3v) is 10.9. The molecule has 1 amide bonds. The van der Waals surface area contributed by atoms with E-state index in [4.69, 9.17) is 4.74 Å². The number of allylic oxidation sites excluding steroid dienone is 8. The van der Waals surface area contributed by atoms with Crippen LogP contribution in [0.3, 0.4) is 0 Å². The first-order valence-electron chi connectivity index (χ1n) is 24.4. The fourth-order valence-corrected chi connectivity index (χ4v) is 7.24. The summed E-state index contributed by atoms with van der Waals surface area (Å²) in [6.45, 7) is 6.35. The summed E-state index contributed by atoms with van der Waals surface area (Å²) in [7, 11) is 0. The normalized spacial score (nSPS) is 13.7. The van der Waals surface area contributed by atoms with Crippen molar-refractivity contribution in [1.29, 1.82) is 0 Å². The Morgan fingerprint density at radius 1 is 0.526 bits per heavy atom. The third-order valence-electron chi connectivity index (χ3n) is 10.9. The van der Waals surface area contributed by atoms with Gasteiger partial charge in [0.15, 0.2) is 0 Å². The molecule has 0 saturated carbocycles. The summed E-state index contributed by atoms with van der Waals surface area (Å²) in [6.07, 6.45) is 53.1. The quantitative estimate of drug-likeness (QED) is 0.0324. The zero-order valence-corrected chi connectivity index (χ0v) is 37.7. The van der Waals surface area contributed by atoms with E-state index in [1.807, 2.05) is 0 Å². The molecule has 0 aliphatic heterocycles. The maximum atomic E-state index is 13.1. The SMILES string of the molecule is CC/C=C/C/C=C/C/C=C/C/C=C/CCCCCC(=O)OC(CCCCCCCCCCCC)CC(=O)NC(CO)C(O)CCCCCCCCCCCCCC. The number of hydrogen-bond acceptors (Lipinski definition) is 5. The molecule has 0 aliphatic rings. The van der Waals surface area contributed by atoms with E-state index < -0.39 is 18.2 Å². The number of rotatable bonds is 43. The molecule has 6 heteroatoms. The average Bonchev–Trinajstić information content (AvgIpc) is 3.20. The number of aliphatic hydroxyl groups is 2. The minimum atomic E-state index is -0.790. The van der Waals surface area contributed by atoms with Crippen LogP contribution in [0, 0.1) is 0 Å². The monoisotopic (exact) mass is 800 g/mol. The van der Waals surface area contributed by atoms with E-state index in [9.17, 15) is 19.8 Å². The van der Waals surface area contributed by atoms with Gasteiger partial charge in [-0.25, -0.2) is 0 Å². The van der Waals surface area contributed by atoms with Crippen molar-refractivity contribution in [1.82, 2.24) is 5.32 Å². The Morgan fingerprint density at radius 3 is 1.42 bits per heavy atom. The van der Waals surface area contributed by atoms with E-state index in [-0.39, 0.29) is 24.9 Å². The van der Waals surface area contributed by atoms with E-state index in [1.54, 1.807) is 0 Å². The molecule has 0 aromatic carbocycles. The lowest BCUT2D eigenvalue weighted by Crippen LogP contribution is -2.46. The van der Waals surface area contributed by atoms with Crippen molar-refractivity contribution >= 4 is 11.9 Å². The number of aliphatic hydroxyl groups excluding tert-OH is 2. The van der Waals surface area contributed by atoms with Crippen LogP contribution in [0.25, 0.3) is 0 Å². The second kappa shape index (κ2) is 44.9. The number of amides is 1. The van der Waals surface area contributed by atoms with Gasteiger partial charge < -0.3 is 20.3 Å². The molecule has 0 rings (SSSR count). The van der Waals surface area contributed by atoms with Crippen molar-refractivity contribution in [3.63, 3.8) is 0 Å². The van der Waals surface area contributed by atoms with Crippen LogP contribution in [0.15, 0.2) is 48.6 Å². The highest BCUT2D eigenvalue weighted by Crippen LogP contribution is 2.18. The van der Waals surface area contributed by atoms with Crippen LogP contribution < -0.4 is 5.32 Å². The van der Waals surface area contributed by atoms with Gasteiger partial charge in [-0.1, -0.05) is 211 Å². The first-order valence-corrected chi connectivity index (χ1v) is 24.4. The molecule has 0 fully saturated rings. The van der Waals surface area contributed by atoms with Crippen molar-refractivity contribution in [2.45, 2.75) is 257 Å². The van der Waals surface area contributed by atoms with Crippen LogP contribution in [0.2, 0.25) is 0 Å². The van der Waals surface area contributed by atoms with Crippen molar-refractivity contribution in [3.05, 3.63) is 48.6 Å². The Balaban J connectivity index is 4.58. The number of carbonyl (C=O) groups excluding carboxylic acids is 2. The molecule has 3 N–H and O–H groups in total. The van der Waals surface area contributed by atoms with E-state index in [0.717, 1.165) is 89.9 Å². The summed E-state index contributed by atoms with van der Waals surface area (Å²) < 4.78 is 5.90. The highest BCUT2D eigenvalue weighted by Gasteiger charge is 2.24. The third kappa shape index (κ3) is 40.4. The molecule has 3 unspecified atom stereocenters. The second-order valence-electron chi connectivity index (χ2n) is 16.5. The van der Waals surface area contributed by atoms with Crippen molar-refractivity contribution in [3.8, 4) is 0 Å². The molecule has 0 heterocycles. The molecule has 0 spiro atoms. The molecule has 0 aliphatic carbocycles.